The highest BCUT2D eigenvalue weighted by atomic mass is 35.5. The Labute approximate surface area is 201 Å². The Hall–Kier alpha value is -1.77. The average Bonchev–Trinajstić information content (AvgIpc) is 3.16. The lowest BCUT2D eigenvalue weighted by Gasteiger charge is -2.54. The van der Waals surface area contributed by atoms with Gasteiger partial charge in [-0.1, -0.05) is 11.6 Å². The third-order valence-electron chi connectivity index (χ3n) is 8.25. The van der Waals surface area contributed by atoms with Crippen LogP contribution in [0.2, 0.25) is 5.02 Å². The van der Waals surface area contributed by atoms with E-state index in [1.165, 1.54) is 12.8 Å². The van der Waals surface area contributed by atoms with E-state index in [-0.39, 0.29) is 12.1 Å². The lowest BCUT2D eigenvalue weighted by Crippen LogP contribution is -2.58. The molecule has 2 aliphatic heterocycles. The number of rotatable bonds is 5. The summed E-state index contributed by atoms with van der Waals surface area (Å²) in [6.45, 7) is 2.12. The summed E-state index contributed by atoms with van der Waals surface area (Å²) < 4.78 is 12.7. The van der Waals surface area contributed by atoms with E-state index in [1.807, 2.05) is 0 Å². The molecule has 0 aromatic carbocycles. The van der Waals surface area contributed by atoms with Crippen LogP contribution in [0.4, 0.5) is 11.6 Å². The molecule has 9 heteroatoms. The Morgan fingerprint density at radius 2 is 1.91 bits per heavy atom. The summed E-state index contributed by atoms with van der Waals surface area (Å²) in [4.78, 5) is 17.1. The van der Waals surface area contributed by atoms with Crippen molar-refractivity contribution in [2.45, 2.75) is 67.7 Å². The van der Waals surface area contributed by atoms with Gasteiger partial charge in [-0.2, -0.15) is 0 Å². The molecule has 2 aliphatic carbocycles. The van der Waals surface area contributed by atoms with Crippen molar-refractivity contribution in [1.82, 2.24) is 15.0 Å². The number of aromatic nitrogens is 3. The van der Waals surface area contributed by atoms with Crippen molar-refractivity contribution in [2.75, 3.05) is 35.7 Å². The number of halogens is 1. The molecule has 7 nitrogen and oxygen atoms in total. The van der Waals surface area contributed by atoms with Gasteiger partial charge < -0.3 is 15.3 Å². The lowest BCUT2D eigenvalue weighted by molar-refractivity contribution is 0.125. The van der Waals surface area contributed by atoms with Crippen molar-refractivity contribution >= 4 is 34.0 Å². The Balaban J connectivity index is 1.16. The van der Waals surface area contributed by atoms with E-state index in [9.17, 15) is 9.32 Å². The fourth-order valence-corrected chi connectivity index (χ4v) is 7.48. The summed E-state index contributed by atoms with van der Waals surface area (Å²) in [5.74, 6) is 3.72. The molecule has 2 saturated carbocycles. The minimum absolute atomic E-state index is 0.0889. The molecule has 33 heavy (non-hydrogen) atoms. The monoisotopic (exact) mass is 487 g/mol. The van der Waals surface area contributed by atoms with Gasteiger partial charge in [-0.3, -0.25) is 4.21 Å². The molecule has 3 fully saturated rings. The minimum atomic E-state index is -1.01. The van der Waals surface area contributed by atoms with Crippen LogP contribution in [0.25, 0.3) is 0 Å². The molecular formula is C24H30ClN5O2S. The van der Waals surface area contributed by atoms with E-state index >= 15 is 0 Å². The molecule has 1 spiro atoms. The Morgan fingerprint density at radius 1 is 1.18 bits per heavy atom. The standard InChI is InChI=1S/C24H30ClN5O2S/c25-18-11-26-21(27-12-18)16-2-7-23(8-3-16)13-30(14-23)19-10-17-4-9-33(32)20(17)22(28-19)29-24(15-31)5-1-6-24/h10-12,16,31H,1-9,13-15H2,(H,28,29)/t33-/m0/s1. The number of hydrogen-bond donors (Lipinski definition) is 2. The minimum Gasteiger partial charge on any atom is -0.394 e. The first-order chi connectivity index (χ1) is 16.0. The van der Waals surface area contributed by atoms with Gasteiger partial charge in [-0.05, 0) is 63.0 Å². The number of anilines is 2. The van der Waals surface area contributed by atoms with Gasteiger partial charge in [-0.15, -0.1) is 0 Å². The van der Waals surface area contributed by atoms with Crippen LogP contribution in [-0.4, -0.2) is 55.3 Å². The van der Waals surface area contributed by atoms with E-state index in [4.69, 9.17) is 16.6 Å². The summed E-state index contributed by atoms with van der Waals surface area (Å²) >= 11 is 5.94. The molecule has 4 aliphatic rings. The topological polar surface area (TPSA) is 91.2 Å². The van der Waals surface area contributed by atoms with Gasteiger partial charge >= 0.3 is 0 Å². The summed E-state index contributed by atoms with van der Waals surface area (Å²) in [6.07, 6.45) is 11.8. The first-order valence-electron chi connectivity index (χ1n) is 12.0. The number of pyridine rings is 1. The van der Waals surface area contributed by atoms with Crippen LogP contribution in [0, 0.1) is 5.41 Å². The largest absolute Gasteiger partial charge is 0.394 e. The van der Waals surface area contributed by atoms with Crippen molar-refractivity contribution in [2.24, 2.45) is 5.41 Å². The normalized spacial score (nSPS) is 25.4. The summed E-state index contributed by atoms with van der Waals surface area (Å²) in [5, 5.41) is 14.0. The summed E-state index contributed by atoms with van der Waals surface area (Å²) in [6, 6.07) is 2.15. The van der Waals surface area contributed by atoms with Gasteiger partial charge in [0.05, 0.1) is 32.9 Å². The molecule has 0 radical (unpaired) electrons. The first kappa shape index (κ1) is 21.7. The zero-order valence-electron chi connectivity index (χ0n) is 18.7. The number of nitrogens with zero attached hydrogens (tertiary/aromatic N) is 4. The van der Waals surface area contributed by atoms with Gasteiger partial charge in [0, 0.05) is 42.6 Å². The molecule has 2 aromatic heterocycles. The zero-order chi connectivity index (χ0) is 22.6. The second-order valence-electron chi connectivity index (χ2n) is 10.4. The zero-order valence-corrected chi connectivity index (χ0v) is 20.3. The van der Waals surface area contributed by atoms with Crippen LogP contribution in [0.15, 0.2) is 23.4 Å². The SMILES string of the molecule is O=[S@]1CCc2cc(N3CC4(CCC(c5ncc(Cl)cn5)CC4)C3)nc(NC3(CO)CCC3)c21. The molecule has 6 rings (SSSR count). The van der Waals surface area contributed by atoms with Crippen LogP contribution in [0.1, 0.15) is 62.3 Å². The fraction of sp³-hybridized carbons (Fsp3) is 0.625. The second-order valence-corrected chi connectivity index (χ2v) is 12.4. The highest BCUT2D eigenvalue weighted by molar-refractivity contribution is 7.85. The van der Waals surface area contributed by atoms with Crippen LogP contribution >= 0.6 is 11.6 Å². The first-order valence-corrected chi connectivity index (χ1v) is 13.7. The second kappa shape index (κ2) is 8.17. The van der Waals surface area contributed by atoms with E-state index in [1.54, 1.807) is 12.4 Å². The number of hydrogen-bond acceptors (Lipinski definition) is 7. The molecule has 1 atom stereocenters. The maximum absolute atomic E-state index is 12.7. The van der Waals surface area contributed by atoms with E-state index in [0.717, 1.165) is 79.5 Å². The number of aliphatic hydroxyl groups excluding tert-OH is 1. The van der Waals surface area contributed by atoms with Crippen molar-refractivity contribution in [3.8, 4) is 0 Å². The predicted molar refractivity (Wildman–Crippen MR) is 129 cm³/mol. The summed E-state index contributed by atoms with van der Waals surface area (Å²) in [7, 11) is -1.01. The highest BCUT2D eigenvalue weighted by Crippen LogP contribution is 2.49. The van der Waals surface area contributed by atoms with Gasteiger partial charge in [0.25, 0.3) is 0 Å². The lowest BCUT2D eigenvalue weighted by atomic mass is 9.65. The van der Waals surface area contributed by atoms with E-state index < -0.39 is 10.8 Å². The van der Waals surface area contributed by atoms with Crippen LogP contribution in [-0.2, 0) is 17.2 Å². The van der Waals surface area contributed by atoms with Crippen LogP contribution in [0.3, 0.4) is 0 Å². The van der Waals surface area contributed by atoms with Crippen LogP contribution < -0.4 is 10.2 Å². The average molecular weight is 488 g/mol. The van der Waals surface area contributed by atoms with Crippen molar-refractivity contribution in [3.05, 3.63) is 34.9 Å². The third kappa shape index (κ3) is 3.84. The molecule has 0 unspecified atom stereocenters. The highest BCUT2D eigenvalue weighted by Gasteiger charge is 2.47. The number of nitrogens with one attached hydrogen (secondary N) is 1. The molecule has 0 amide bonds. The molecule has 176 valence electrons. The van der Waals surface area contributed by atoms with Gasteiger partial charge in [-0.25, -0.2) is 15.0 Å². The maximum Gasteiger partial charge on any atom is 0.145 e. The van der Waals surface area contributed by atoms with Crippen molar-refractivity contribution in [3.63, 3.8) is 0 Å². The van der Waals surface area contributed by atoms with Gasteiger partial charge in [0.1, 0.15) is 17.5 Å². The summed E-state index contributed by atoms with van der Waals surface area (Å²) in [5.41, 5.74) is 1.20. The Bertz CT molecular complexity index is 1070. The van der Waals surface area contributed by atoms with Gasteiger partial charge in [0.2, 0.25) is 0 Å². The van der Waals surface area contributed by atoms with Crippen molar-refractivity contribution in [1.29, 1.82) is 0 Å². The predicted octanol–water partition coefficient (Wildman–Crippen LogP) is 3.68. The molecule has 2 N–H and O–H groups in total. The number of aryl methyl sites for hydroxylation is 1. The quantitative estimate of drug-likeness (QED) is 0.664. The Kier molecular flexibility index (Phi) is 5.38. The van der Waals surface area contributed by atoms with Gasteiger partial charge in [0.15, 0.2) is 0 Å². The van der Waals surface area contributed by atoms with E-state index in [2.05, 4.69) is 26.3 Å². The van der Waals surface area contributed by atoms with Crippen molar-refractivity contribution < 1.29 is 9.32 Å². The molecule has 0 bridgehead atoms. The van der Waals surface area contributed by atoms with E-state index in [0.29, 0.717) is 22.1 Å². The molecular weight excluding hydrogens is 458 g/mol. The third-order valence-corrected chi connectivity index (χ3v) is 9.93. The fourth-order valence-electron chi connectivity index (χ4n) is 6.00. The number of fused-ring (bicyclic) bond motifs is 1. The molecule has 2 aromatic rings. The van der Waals surface area contributed by atoms with Crippen LogP contribution in [0.5, 0.6) is 0 Å². The molecule has 1 saturated heterocycles. The number of aliphatic hydroxyl groups is 1. The Morgan fingerprint density at radius 3 is 2.55 bits per heavy atom. The smallest absolute Gasteiger partial charge is 0.145 e. The maximum atomic E-state index is 12.7. The molecule has 4 heterocycles.